The fraction of sp³-hybridized carbons (Fsp3) is 0.174. The molecule has 30 heavy (non-hydrogen) atoms. The van der Waals surface area contributed by atoms with Crippen LogP contribution in [0.15, 0.2) is 72.0 Å². The Labute approximate surface area is 172 Å². The fourth-order valence-electron chi connectivity index (χ4n) is 3.28. The van der Waals surface area contributed by atoms with Crippen LogP contribution in [-0.2, 0) is 12.8 Å². The molecule has 0 fully saturated rings. The van der Waals surface area contributed by atoms with Crippen molar-refractivity contribution in [1.82, 2.24) is 24.9 Å². The lowest BCUT2D eigenvalue weighted by Crippen LogP contribution is -2.08. The summed E-state index contributed by atoms with van der Waals surface area (Å²) in [6.45, 7) is 2.05. The maximum absolute atomic E-state index is 13.2. The number of nitrogens with zero attached hydrogens (tertiary/aromatic N) is 4. The van der Waals surface area contributed by atoms with Crippen LogP contribution in [-0.4, -0.2) is 24.9 Å². The second-order valence-corrected chi connectivity index (χ2v) is 7.13. The smallest absolute Gasteiger partial charge is 0.248 e. The molecule has 3 aromatic heterocycles. The molecule has 0 bridgehead atoms. The lowest BCUT2D eigenvalue weighted by atomic mass is 9.97. The summed E-state index contributed by atoms with van der Waals surface area (Å²) in [6, 6.07) is 11.7. The van der Waals surface area contributed by atoms with E-state index in [0.717, 1.165) is 22.5 Å². The number of pyridine rings is 1. The third kappa shape index (κ3) is 4.81. The number of rotatable bonds is 6. The molecule has 0 radical (unpaired) electrons. The van der Waals surface area contributed by atoms with E-state index >= 15 is 0 Å². The minimum absolute atomic E-state index is 0.101. The van der Waals surface area contributed by atoms with Crippen molar-refractivity contribution in [1.29, 1.82) is 0 Å². The van der Waals surface area contributed by atoms with Crippen molar-refractivity contribution in [3.05, 3.63) is 106 Å². The minimum Gasteiger partial charge on any atom is -0.329 e. The van der Waals surface area contributed by atoms with Gasteiger partial charge in [0, 0.05) is 49.3 Å². The van der Waals surface area contributed by atoms with Gasteiger partial charge in [0.2, 0.25) is 5.56 Å². The summed E-state index contributed by atoms with van der Waals surface area (Å²) in [6.07, 6.45) is 7.66. The molecule has 150 valence electrons. The topological polar surface area (TPSA) is 84.4 Å². The van der Waals surface area contributed by atoms with Crippen molar-refractivity contribution in [2.24, 2.45) is 0 Å². The second-order valence-electron chi connectivity index (χ2n) is 7.13. The van der Waals surface area contributed by atoms with Crippen molar-refractivity contribution in [2.45, 2.75) is 25.7 Å². The van der Waals surface area contributed by atoms with Crippen molar-refractivity contribution in [3.63, 3.8) is 0 Å². The van der Waals surface area contributed by atoms with Crippen LogP contribution in [0.1, 0.15) is 35.6 Å². The number of nitrogens with one attached hydrogen (secondary N) is 1. The van der Waals surface area contributed by atoms with Crippen LogP contribution in [0.5, 0.6) is 0 Å². The van der Waals surface area contributed by atoms with Gasteiger partial charge < -0.3 is 4.98 Å². The number of benzene rings is 1. The molecule has 0 saturated heterocycles. The quantitative estimate of drug-likeness (QED) is 0.533. The highest BCUT2D eigenvalue weighted by Crippen LogP contribution is 2.22. The van der Waals surface area contributed by atoms with Gasteiger partial charge in [-0.3, -0.25) is 14.8 Å². The molecule has 0 spiro atoms. The molecule has 0 aliphatic carbocycles. The summed E-state index contributed by atoms with van der Waals surface area (Å²) in [5.74, 6) is 0.498. The van der Waals surface area contributed by atoms with Gasteiger partial charge in [0.25, 0.3) is 0 Å². The van der Waals surface area contributed by atoms with E-state index in [0.29, 0.717) is 24.4 Å². The first-order chi connectivity index (χ1) is 14.6. The third-order valence-electron chi connectivity index (χ3n) is 4.80. The summed E-state index contributed by atoms with van der Waals surface area (Å²) >= 11 is 0. The molecular weight excluding hydrogens is 381 g/mol. The number of aromatic amines is 1. The Balaban J connectivity index is 1.69. The zero-order chi connectivity index (χ0) is 20.9. The lowest BCUT2D eigenvalue weighted by molar-refractivity contribution is 0.624. The molecule has 6 nitrogen and oxygen atoms in total. The minimum atomic E-state index is -0.259. The summed E-state index contributed by atoms with van der Waals surface area (Å²) < 4.78 is 13.2. The van der Waals surface area contributed by atoms with Gasteiger partial charge >= 0.3 is 0 Å². The second kappa shape index (κ2) is 8.73. The SMILES string of the molecule is C[C@H](Cc1nc(Cc2cnccn2)cc(-c2cc[nH]c(=O)c2)n1)c1ccc(F)cc1. The highest BCUT2D eigenvalue weighted by molar-refractivity contribution is 5.58. The molecule has 0 amide bonds. The van der Waals surface area contributed by atoms with Crippen LogP contribution in [0, 0.1) is 5.82 Å². The summed E-state index contributed by atoms with van der Waals surface area (Å²) in [5, 5.41) is 0. The average molecular weight is 401 g/mol. The maximum atomic E-state index is 13.2. The first kappa shape index (κ1) is 19.6. The number of aromatic nitrogens is 5. The zero-order valence-electron chi connectivity index (χ0n) is 16.4. The van der Waals surface area contributed by atoms with Crippen molar-refractivity contribution >= 4 is 0 Å². The predicted octanol–water partition coefficient (Wildman–Crippen LogP) is 3.70. The van der Waals surface area contributed by atoms with Gasteiger partial charge in [0.1, 0.15) is 11.6 Å². The van der Waals surface area contributed by atoms with Crippen LogP contribution in [0.25, 0.3) is 11.3 Å². The standard InChI is InChI=1S/C23H20FN5O/c1-15(16-2-4-18(24)5-3-16)10-22-28-19(12-20-14-25-8-9-26-20)13-21(29-22)17-6-7-27-23(30)11-17/h2-9,11,13-15H,10,12H2,1H3,(H,27,30)/t15-/m1/s1. The average Bonchev–Trinajstić information content (AvgIpc) is 2.75. The van der Waals surface area contributed by atoms with E-state index in [-0.39, 0.29) is 17.3 Å². The van der Waals surface area contributed by atoms with Crippen LogP contribution < -0.4 is 5.56 Å². The van der Waals surface area contributed by atoms with Crippen molar-refractivity contribution in [2.75, 3.05) is 0 Å². The first-order valence-corrected chi connectivity index (χ1v) is 9.63. The number of H-pyrrole nitrogens is 1. The Morgan fingerprint density at radius 2 is 1.87 bits per heavy atom. The molecule has 0 aliphatic rings. The van der Waals surface area contributed by atoms with E-state index in [9.17, 15) is 9.18 Å². The predicted molar refractivity (Wildman–Crippen MR) is 111 cm³/mol. The largest absolute Gasteiger partial charge is 0.329 e. The van der Waals surface area contributed by atoms with E-state index < -0.39 is 0 Å². The number of hydrogen-bond acceptors (Lipinski definition) is 5. The fourth-order valence-corrected chi connectivity index (χ4v) is 3.28. The molecule has 7 heteroatoms. The molecule has 1 atom stereocenters. The van der Waals surface area contributed by atoms with Gasteiger partial charge in [-0.15, -0.1) is 0 Å². The van der Waals surface area contributed by atoms with Gasteiger partial charge in [-0.05, 0) is 35.7 Å². The zero-order valence-corrected chi connectivity index (χ0v) is 16.4. The van der Waals surface area contributed by atoms with Gasteiger partial charge in [0.15, 0.2) is 0 Å². The van der Waals surface area contributed by atoms with E-state index in [1.54, 1.807) is 36.9 Å². The monoisotopic (exact) mass is 401 g/mol. The molecule has 1 N–H and O–H groups in total. The Bertz CT molecular complexity index is 1190. The van der Waals surface area contributed by atoms with Crippen LogP contribution in [0.3, 0.4) is 0 Å². The van der Waals surface area contributed by atoms with Gasteiger partial charge in [-0.2, -0.15) is 0 Å². The summed E-state index contributed by atoms with van der Waals surface area (Å²) in [4.78, 5) is 32.2. The maximum Gasteiger partial charge on any atom is 0.248 e. The molecule has 0 aliphatic heterocycles. The van der Waals surface area contributed by atoms with Gasteiger partial charge in [0.05, 0.1) is 17.1 Å². The number of hydrogen-bond donors (Lipinski definition) is 1. The Hall–Kier alpha value is -3.74. The molecule has 0 saturated carbocycles. The van der Waals surface area contributed by atoms with Crippen molar-refractivity contribution in [3.8, 4) is 11.3 Å². The van der Waals surface area contributed by atoms with E-state index in [4.69, 9.17) is 9.97 Å². The summed E-state index contributed by atoms with van der Waals surface area (Å²) in [7, 11) is 0. The van der Waals surface area contributed by atoms with E-state index in [1.807, 2.05) is 12.1 Å². The Morgan fingerprint density at radius 1 is 1.03 bits per heavy atom. The molecule has 1 aromatic carbocycles. The highest BCUT2D eigenvalue weighted by atomic mass is 19.1. The van der Waals surface area contributed by atoms with Gasteiger partial charge in [-0.25, -0.2) is 14.4 Å². The van der Waals surface area contributed by atoms with Crippen LogP contribution in [0.4, 0.5) is 4.39 Å². The molecule has 3 heterocycles. The third-order valence-corrected chi connectivity index (χ3v) is 4.80. The van der Waals surface area contributed by atoms with Gasteiger partial charge in [-0.1, -0.05) is 19.1 Å². The van der Waals surface area contributed by atoms with Crippen molar-refractivity contribution < 1.29 is 4.39 Å². The van der Waals surface area contributed by atoms with Crippen LogP contribution >= 0.6 is 0 Å². The Morgan fingerprint density at radius 3 is 2.60 bits per heavy atom. The molecule has 4 rings (SSSR count). The summed E-state index contributed by atoms with van der Waals surface area (Å²) in [5.41, 5.74) is 3.81. The molecule has 4 aromatic rings. The van der Waals surface area contributed by atoms with Crippen LogP contribution in [0.2, 0.25) is 0 Å². The van der Waals surface area contributed by atoms with E-state index in [1.165, 1.54) is 18.2 Å². The Kier molecular flexibility index (Phi) is 5.70. The molecular formula is C23H20FN5O. The first-order valence-electron chi connectivity index (χ1n) is 9.63. The number of halogens is 1. The lowest BCUT2D eigenvalue weighted by Gasteiger charge is -2.13. The normalized spacial score (nSPS) is 11.9. The van der Waals surface area contributed by atoms with E-state index in [2.05, 4.69) is 21.9 Å². The molecule has 0 unspecified atom stereocenters. The highest BCUT2D eigenvalue weighted by Gasteiger charge is 2.13.